The number of carbonyl (C=O) groups excluding carboxylic acids is 1. The highest BCUT2D eigenvalue weighted by Gasteiger charge is 2.48. The van der Waals surface area contributed by atoms with E-state index in [2.05, 4.69) is 15.4 Å². The number of carboxylic acids is 1. The Morgan fingerprint density at radius 1 is 1.09 bits per heavy atom. The molecule has 12 heteroatoms. The number of allylic oxidation sites excluding steroid dienone is 2. The molecule has 2 amide bonds. The van der Waals surface area contributed by atoms with E-state index in [1.807, 2.05) is 0 Å². The molecule has 2 aromatic rings. The molecule has 0 spiro atoms. The number of nitrogens with one attached hydrogen (secondary N) is 2. The number of hydrogen-bond acceptors (Lipinski definition) is 4. The summed E-state index contributed by atoms with van der Waals surface area (Å²) in [5, 5.41) is 11.1. The fourth-order valence-electron chi connectivity index (χ4n) is 3.32. The van der Waals surface area contributed by atoms with Gasteiger partial charge in [-0.1, -0.05) is 65.7 Å². The Labute approximate surface area is 208 Å². The maximum atomic E-state index is 13.2. The molecule has 0 aromatic heterocycles. The van der Waals surface area contributed by atoms with E-state index in [0.717, 1.165) is 0 Å². The van der Waals surface area contributed by atoms with Crippen LogP contribution in [0.3, 0.4) is 0 Å². The van der Waals surface area contributed by atoms with Crippen LogP contribution in [0, 0.1) is 0 Å². The van der Waals surface area contributed by atoms with Gasteiger partial charge >= 0.3 is 18.4 Å². The van der Waals surface area contributed by atoms with E-state index < -0.39 is 36.5 Å². The van der Waals surface area contributed by atoms with Gasteiger partial charge in [-0.25, -0.2) is 9.59 Å². The van der Waals surface area contributed by atoms with E-state index in [1.165, 1.54) is 18.2 Å². The summed E-state index contributed by atoms with van der Waals surface area (Å²) in [5.74, 6) is -0.774. The number of amides is 2. The zero-order valence-corrected chi connectivity index (χ0v) is 19.4. The number of carbonyl (C=O) groups is 2. The molecule has 0 saturated carbocycles. The Hall–Kier alpha value is -3.21. The molecule has 7 nitrogen and oxygen atoms in total. The molecule has 3 N–H and O–H groups in total. The van der Waals surface area contributed by atoms with Gasteiger partial charge in [0, 0.05) is 24.2 Å². The Balaban J connectivity index is 1.70. The maximum Gasteiger partial charge on any atom is 0.524 e. The number of urea groups is 1. The summed E-state index contributed by atoms with van der Waals surface area (Å²) in [6.07, 6.45) is -4.26. The van der Waals surface area contributed by atoms with Crippen molar-refractivity contribution in [2.75, 3.05) is 6.61 Å². The number of benzene rings is 2. The summed E-state index contributed by atoms with van der Waals surface area (Å²) in [7, 11) is 0. The minimum atomic E-state index is -5.07. The standard InChI is InChI=1S/C23H19Cl2F3N2O5/c24-18-10-16(11-22(25,35-23(26,27)28)20(18)15-4-2-1-3-5-15)30-21(33)29-12-14-6-8-17(9-7-14)34-13-19(31)32/h1-10H,11-13H2,(H,31,32)(H2,29,30,33). The van der Waals surface area contributed by atoms with Crippen LogP contribution in [0.15, 0.2) is 71.4 Å². The zero-order valence-electron chi connectivity index (χ0n) is 17.9. The third kappa shape index (κ3) is 7.64. The van der Waals surface area contributed by atoms with Crippen LogP contribution < -0.4 is 15.4 Å². The largest absolute Gasteiger partial charge is 0.524 e. The number of alkyl halides is 4. The van der Waals surface area contributed by atoms with E-state index in [1.54, 1.807) is 42.5 Å². The van der Waals surface area contributed by atoms with Gasteiger partial charge in [-0.2, -0.15) is 0 Å². The minimum Gasteiger partial charge on any atom is -0.482 e. The Morgan fingerprint density at radius 2 is 1.74 bits per heavy atom. The van der Waals surface area contributed by atoms with Crippen molar-refractivity contribution < 1.29 is 37.3 Å². The minimum absolute atomic E-state index is 0.0175. The molecular weight excluding hydrogens is 512 g/mol. The smallest absolute Gasteiger partial charge is 0.482 e. The quantitative estimate of drug-likeness (QED) is 0.399. The predicted molar refractivity (Wildman–Crippen MR) is 123 cm³/mol. The van der Waals surface area contributed by atoms with Crippen LogP contribution >= 0.6 is 23.2 Å². The second kappa shape index (κ2) is 11.0. The lowest BCUT2D eigenvalue weighted by molar-refractivity contribution is -0.342. The SMILES string of the molecule is O=C(O)COc1ccc(CNC(=O)NC2=CC(Cl)=C(c3ccccc3)C(Cl)(OC(F)(F)F)C2)cc1. The van der Waals surface area contributed by atoms with Gasteiger partial charge in [0.05, 0.1) is 5.03 Å². The van der Waals surface area contributed by atoms with Crippen molar-refractivity contribution in [2.24, 2.45) is 0 Å². The first-order valence-electron chi connectivity index (χ1n) is 10.1. The third-order valence-corrected chi connectivity index (χ3v) is 5.38. The average molecular weight is 531 g/mol. The second-order valence-corrected chi connectivity index (χ2v) is 8.36. The van der Waals surface area contributed by atoms with Gasteiger partial charge < -0.3 is 20.5 Å². The lowest BCUT2D eigenvalue weighted by Gasteiger charge is -2.35. The van der Waals surface area contributed by atoms with Crippen LogP contribution in [0.5, 0.6) is 5.75 Å². The van der Waals surface area contributed by atoms with Gasteiger partial charge in [0.15, 0.2) is 11.7 Å². The van der Waals surface area contributed by atoms with Crippen molar-refractivity contribution in [3.63, 3.8) is 0 Å². The monoisotopic (exact) mass is 530 g/mol. The lowest BCUT2D eigenvalue weighted by Crippen LogP contribution is -2.41. The van der Waals surface area contributed by atoms with Crippen molar-refractivity contribution in [1.82, 2.24) is 10.6 Å². The number of aliphatic carboxylic acids is 1. The Bertz CT molecular complexity index is 1140. The van der Waals surface area contributed by atoms with Gasteiger partial charge in [0.1, 0.15) is 5.75 Å². The van der Waals surface area contributed by atoms with Gasteiger partial charge in [0.25, 0.3) is 0 Å². The highest BCUT2D eigenvalue weighted by Crippen LogP contribution is 2.48. The third-order valence-electron chi connectivity index (χ3n) is 4.68. The number of halogens is 5. The number of rotatable bonds is 8. The van der Waals surface area contributed by atoms with Crippen LogP contribution in [0.4, 0.5) is 18.0 Å². The molecule has 0 bridgehead atoms. The summed E-state index contributed by atoms with van der Waals surface area (Å²) >= 11 is 12.6. The maximum absolute atomic E-state index is 13.2. The molecule has 0 radical (unpaired) electrons. The average Bonchev–Trinajstić information content (AvgIpc) is 2.75. The molecule has 186 valence electrons. The predicted octanol–water partition coefficient (Wildman–Crippen LogP) is 5.36. The molecule has 2 aromatic carbocycles. The summed E-state index contributed by atoms with van der Waals surface area (Å²) in [4.78, 5) is 22.9. The Kier molecular flexibility index (Phi) is 8.31. The molecule has 0 saturated heterocycles. The first kappa shape index (κ1) is 26.4. The first-order chi connectivity index (χ1) is 16.4. The van der Waals surface area contributed by atoms with E-state index in [9.17, 15) is 22.8 Å². The van der Waals surface area contributed by atoms with E-state index in [0.29, 0.717) is 16.9 Å². The van der Waals surface area contributed by atoms with E-state index in [-0.39, 0.29) is 22.8 Å². The van der Waals surface area contributed by atoms with Gasteiger partial charge in [-0.3, -0.25) is 4.74 Å². The van der Waals surface area contributed by atoms with Gasteiger partial charge in [-0.15, -0.1) is 13.2 Å². The van der Waals surface area contributed by atoms with E-state index >= 15 is 0 Å². The zero-order chi connectivity index (χ0) is 25.6. The highest BCUT2D eigenvalue weighted by atomic mass is 35.5. The van der Waals surface area contributed by atoms with Gasteiger partial charge in [0.2, 0.25) is 0 Å². The van der Waals surface area contributed by atoms with Crippen LogP contribution in [0.25, 0.3) is 5.57 Å². The molecule has 0 heterocycles. The van der Waals surface area contributed by atoms with E-state index in [4.69, 9.17) is 33.0 Å². The van der Waals surface area contributed by atoms with Gasteiger partial charge in [-0.05, 0) is 29.3 Å². The molecule has 1 unspecified atom stereocenters. The fourth-order valence-corrected chi connectivity index (χ4v) is 4.20. The molecular formula is C23H19Cl2F3N2O5. The van der Waals surface area contributed by atoms with Crippen molar-refractivity contribution in [3.8, 4) is 5.75 Å². The first-order valence-corrected chi connectivity index (χ1v) is 10.8. The number of ether oxygens (including phenoxy) is 2. The second-order valence-electron chi connectivity index (χ2n) is 7.35. The van der Waals surface area contributed by atoms with Crippen LogP contribution in [0.1, 0.15) is 17.5 Å². The van der Waals surface area contributed by atoms with Crippen molar-refractivity contribution in [1.29, 1.82) is 0 Å². The molecule has 3 rings (SSSR count). The summed E-state index contributed by atoms with van der Waals surface area (Å²) < 4.78 is 48.8. The number of hydrogen-bond donors (Lipinski definition) is 3. The van der Waals surface area contributed by atoms with Crippen LogP contribution in [-0.2, 0) is 16.1 Å². The molecule has 0 aliphatic heterocycles. The molecule has 0 fully saturated rings. The molecule has 1 atom stereocenters. The fraction of sp³-hybridized carbons (Fsp3) is 0.217. The summed E-state index contributed by atoms with van der Waals surface area (Å²) in [6, 6.07) is 13.6. The number of carboxylic acid groups (broad SMARTS) is 1. The molecule has 1 aliphatic carbocycles. The molecule has 1 aliphatic rings. The van der Waals surface area contributed by atoms with Crippen molar-refractivity contribution in [2.45, 2.75) is 24.4 Å². The van der Waals surface area contributed by atoms with Crippen molar-refractivity contribution >= 4 is 40.8 Å². The summed E-state index contributed by atoms with van der Waals surface area (Å²) in [5.41, 5.74) is 0.947. The van der Waals surface area contributed by atoms with Crippen LogP contribution in [0.2, 0.25) is 0 Å². The summed E-state index contributed by atoms with van der Waals surface area (Å²) in [6.45, 7) is -0.416. The molecule has 35 heavy (non-hydrogen) atoms. The van der Waals surface area contributed by atoms with Crippen molar-refractivity contribution in [3.05, 3.63) is 82.5 Å². The van der Waals surface area contributed by atoms with Crippen LogP contribution in [-0.4, -0.2) is 35.1 Å². The highest BCUT2D eigenvalue weighted by molar-refractivity contribution is 6.39. The topological polar surface area (TPSA) is 96.9 Å². The Morgan fingerprint density at radius 3 is 2.34 bits per heavy atom. The normalized spacial score (nSPS) is 18.0. The lowest BCUT2D eigenvalue weighted by atomic mass is 9.92.